The predicted molar refractivity (Wildman–Crippen MR) is 109 cm³/mol. The first kappa shape index (κ1) is 22.7. The lowest BCUT2D eigenvalue weighted by molar-refractivity contribution is 0.146. The van der Waals surface area contributed by atoms with E-state index < -0.39 is 11.6 Å². The fraction of sp³-hybridized carbons (Fsp3) is 0.550. The highest BCUT2D eigenvalue weighted by molar-refractivity contribution is 5.80. The topological polar surface area (TPSA) is 76.4 Å². The second-order valence-electron chi connectivity index (χ2n) is 6.53. The molecule has 0 saturated heterocycles. The van der Waals surface area contributed by atoms with E-state index in [9.17, 15) is 8.78 Å². The van der Waals surface area contributed by atoms with Crippen molar-refractivity contribution in [3.8, 4) is 0 Å². The Hall–Kier alpha value is -2.55. The molecule has 2 N–H and O–H groups in total. The summed E-state index contributed by atoms with van der Waals surface area (Å²) in [6, 6.07) is 3.20. The van der Waals surface area contributed by atoms with Crippen LogP contribution in [-0.4, -0.2) is 47.0 Å². The minimum absolute atomic E-state index is 0.377. The van der Waals surface area contributed by atoms with Crippen LogP contribution >= 0.6 is 0 Å². The average molecular weight is 408 g/mol. The Labute approximate surface area is 170 Å². The molecular formula is C20H30F2N6O. The van der Waals surface area contributed by atoms with Gasteiger partial charge < -0.3 is 19.9 Å². The van der Waals surface area contributed by atoms with Gasteiger partial charge in [-0.1, -0.05) is 13.0 Å². The lowest BCUT2D eigenvalue weighted by Gasteiger charge is -2.19. The number of benzene rings is 1. The summed E-state index contributed by atoms with van der Waals surface area (Å²) >= 11 is 0. The van der Waals surface area contributed by atoms with Gasteiger partial charge >= 0.3 is 0 Å². The van der Waals surface area contributed by atoms with Crippen molar-refractivity contribution in [2.24, 2.45) is 4.99 Å². The molecule has 1 unspecified atom stereocenters. The molecule has 0 fully saturated rings. The second kappa shape index (κ2) is 12.1. The number of nitrogens with one attached hydrogen (secondary N) is 2. The van der Waals surface area contributed by atoms with Crippen molar-refractivity contribution in [1.82, 2.24) is 25.4 Å². The molecule has 0 radical (unpaired) electrons. The molecule has 0 aliphatic rings. The molecule has 0 spiro atoms. The number of aliphatic imine (C=N–C) groups is 1. The van der Waals surface area contributed by atoms with Crippen molar-refractivity contribution in [2.45, 2.75) is 46.2 Å². The van der Waals surface area contributed by atoms with Crippen LogP contribution in [0, 0.1) is 11.6 Å². The number of hydrogen-bond acceptors (Lipinski definition) is 4. The molecule has 0 saturated carbocycles. The summed E-state index contributed by atoms with van der Waals surface area (Å²) in [5, 5.41) is 14.4. The zero-order valence-corrected chi connectivity index (χ0v) is 17.3. The highest BCUT2D eigenvalue weighted by Crippen LogP contribution is 2.17. The van der Waals surface area contributed by atoms with Gasteiger partial charge in [-0.2, -0.15) is 0 Å². The number of hydrogen-bond donors (Lipinski definition) is 2. The Morgan fingerprint density at radius 3 is 2.86 bits per heavy atom. The second-order valence-corrected chi connectivity index (χ2v) is 6.53. The van der Waals surface area contributed by atoms with Crippen LogP contribution in [0.5, 0.6) is 0 Å². The largest absolute Gasteiger partial charge is 0.382 e. The van der Waals surface area contributed by atoms with Gasteiger partial charge in [0.25, 0.3) is 0 Å². The number of guanidine groups is 1. The smallest absolute Gasteiger partial charge is 0.191 e. The third-order valence-corrected chi connectivity index (χ3v) is 4.36. The lowest BCUT2D eigenvalue weighted by Crippen LogP contribution is -2.40. The maximum Gasteiger partial charge on any atom is 0.191 e. The van der Waals surface area contributed by atoms with Crippen LogP contribution in [0.1, 0.15) is 44.6 Å². The van der Waals surface area contributed by atoms with Crippen molar-refractivity contribution in [2.75, 3.05) is 26.3 Å². The van der Waals surface area contributed by atoms with Gasteiger partial charge in [0.15, 0.2) is 5.96 Å². The maximum absolute atomic E-state index is 14.1. The number of halogens is 2. The zero-order valence-electron chi connectivity index (χ0n) is 17.3. The van der Waals surface area contributed by atoms with E-state index in [1.807, 2.05) is 25.3 Å². The summed E-state index contributed by atoms with van der Waals surface area (Å²) in [6.45, 7) is 8.94. The van der Waals surface area contributed by atoms with E-state index in [1.54, 1.807) is 6.33 Å². The van der Waals surface area contributed by atoms with Gasteiger partial charge in [-0.25, -0.2) is 8.78 Å². The Morgan fingerprint density at radius 1 is 1.31 bits per heavy atom. The molecule has 0 amide bonds. The first-order valence-electron chi connectivity index (χ1n) is 9.99. The molecule has 0 aliphatic heterocycles. The van der Waals surface area contributed by atoms with E-state index in [0.717, 1.165) is 24.7 Å². The van der Waals surface area contributed by atoms with Gasteiger partial charge in [0.05, 0.1) is 6.04 Å². The molecule has 1 atom stereocenters. The summed E-state index contributed by atoms with van der Waals surface area (Å²) in [5.74, 6) is 0.292. The highest BCUT2D eigenvalue weighted by atomic mass is 19.1. The van der Waals surface area contributed by atoms with Crippen LogP contribution in [0.25, 0.3) is 0 Å². The molecule has 1 heterocycles. The average Bonchev–Trinajstić information content (AvgIpc) is 3.15. The molecule has 1 aromatic carbocycles. The van der Waals surface area contributed by atoms with Crippen molar-refractivity contribution >= 4 is 5.96 Å². The SMILES string of the molecule is CCOCCCN=C(NCCn1cnnc1CC)NC(C)c1ccc(F)cc1F. The van der Waals surface area contributed by atoms with Crippen molar-refractivity contribution in [3.63, 3.8) is 0 Å². The molecule has 0 bridgehead atoms. The van der Waals surface area contributed by atoms with Crippen LogP contribution in [0.4, 0.5) is 8.78 Å². The Bertz CT molecular complexity index is 780. The molecule has 0 aliphatic carbocycles. The summed E-state index contributed by atoms with van der Waals surface area (Å²) in [5.41, 5.74) is 0.377. The Morgan fingerprint density at radius 2 is 2.14 bits per heavy atom. The fourth-order valence-corrected chi connectivity index (χ4v) is 2.82. The lowest BCUT2D eigenvalue weighted by atomic mass is 10.1. The highest BCUT2D eigenvalue weighted by Gasteiger charge is 2.13. The van der Waals surface area contributed by atoms with Gasteiger partial charge in [-0.05, 0) is 26.3 Å². The van der Waals surface area contributed by atoms with E-state index in [0.29, 0.717) is 44.4 Å². The van der Waals surface area contributed by atoms with Crippen molar-refractivity contribution in [1.29, 1.82) is 0 Å². The summed E-state index contributed by atoms with van der Waals surface area (Å²) in [4.78, 5) is 4.55. The van der Waals surface area contributed by atoms with Gasteiger partial charge in [0.1, 0.15) is 23.8 Å². The van der Waals surface area contributed by atoms with Crippen LogP contribution in [0.3, 0.4) is 0 Å². The van der Waals surface area contributed by atoms with E-state index >= 15 is 0 Å². The quantitative estimate of drug-likeness (QED) is 0.340. The predicted octanol–water partition coefficient (Wildman–Crippen LogP) is 2.84. The minimum Gasteiger partial charge on any atom is -0.382 e. The van der Waals surface area contributed by atoms with Gasteiger partial charge in [0.2, 0.25) is 0 Å². The maximum atomic E-state index is 14.1. The number of ether oxygens (including phenoxy) is 1. The summed E-state index contributed by atoms with van der Waals surface area (Å²) in [6.07, 6.45) is 3.28. The molecular weight excluding hydrogens is 378 g/mol. The van der Waals surface area contributed by atoms with E-state index in [2.05, 4.69) is 25.8 Å². The van der Waals surface area contributed by atoms with Crippen LogP contribution in [-0.2, 0) is 17.7 Å². The van der Waals surface area contributed by atoms with E-state index in [4.69, 9.17) is 4.74 Å². The first-order valence-corrected chi connectivity index (χ1v) is 9.99. The Balaban J connectivity index is 1.98. The molecule has 7 nitrogen and oxygen atoms in total. The number of rotatable bonds is 11. The molecule has 29 heavy (non-hydrogen) atoms. The monoisotopic (exact) mass is 408 g/mol. The third kappa shape index (κ3) is 7.41. The van der Waals surface area contributed by atoms with Crippen molar-refractivity contribution < 1.29 is 13.5 Å². The third-order valence-electron chi connectivity index (χ3n) is 4.36. The van der Waals surface area contributed by atoms with Crippen molar-refractivity contribution in [3.05, 3.63) is 47.5 Å². The molecule has 2 aromatic rings. The number of aromatic nitrogens is 3. The minimum atomic E-state index is -0.595. The van der Waals surface area contributed by atoms with E-state index in [-0.39, 0.29) is 6.04 Å². The molecule has 1 aromatic heterocycles. The standard InChI is InChI=1S/C20H30F2N6O/c1-4-19-27-25-14-28(19)11-10-24-20(23-9-6-12-29-5-2)26-15(3)17-8-7-16(21)13-18(17)22/h7-8,13-15H,4-6,9-12H2,1-3H3,(H2,23,24,26). The summed E-state index contributed by atoms with van der Waals surface area (Å²) in [7, 11) is 0. The Kier molecular flexibility index (Phi) is 9.49. The number of aryl methyl sites for hydroxylation is 1. The van der Waals surface area contributed by atoms with Gasteiger partial charge in [0, 0.05) is 50.9 Å². The van der Waals surface area contributed by atoms with Crippen LogP contribution in [0.15, 0.2) is 29.5 Å². The number of nitrogens with zero attached hydrogens (tertiary/aromatic N) is 4. The van der Waals surface area contributed by atoms with Crippen LogP contribution in [0.2, 0.25) is 0 Å². The molecule has 9 heteroatoms. The van der Waals surface area contributed by atoms with E-state index in [1.165, 1.54) is 12.1 Å². The first-order chi connectivity index (χ1) is 14.0. The van der Waals surface area contributed by atoms with Crippen LogP contribution < -0.4 is 10.6 Å². The van der Waals surface area contributed by atoms with Gasteiger partial charge in [-0.3, -0.25) is 4.99 Å². The molecule has 2 rings (SSSR count). The fourth-order valence-electron chi connectivity index (χ4n) is 2.82. The molecule has 160 valence electrons. The zero-order chi connectivity index (χ0) is 21.1. The normalized spacial score (nSPS) is 12.8. The van der Waals surface area contributed by atoms with Gasteiger partial charge in [-0.15, -0.1) is 10.2 Å². The summed E-state index contributed by atoms with van der Waals surface area (Å²) < 4.78 is 34.6.